The van der Waals surface area contributed by atoms with Gasteiger partial charge in [0.15, 0.2) is 0 Å². The number of hydrogen-bond donors (Lipinski definition) is 4. The molecule has 0 heterocycles. The first kappa shape index (κ1) is 122. The smallest absolute Gasteiger partial charge is 0.325 e. The SMILES string of the molecule is CCCCC/C=C\C/C=C\CCCCCCCC=O.CCCCC/C=C\C/C=C\CCCCCCCCN(CCCCCCCC/C=C\C/C=C\CCCCC)OC(=O)CCCN(C)C.CCCCC/C=C\C/C=C\CCCCCCCCN(O)CCCCCCCC/C=C\C/C=C\CCCCC.CN(C)CCCC(=O)O.NO.[Cl-]. The minimum atomic E-state index is -0.711. The summed E-state index contributed by atoms with van der Waals surface area (Å²) in [6.45, 7) is 16.5. The number of hydrogen-bond acceptors (Lipinski definition) is 11. The minimum absolute atomic E-state index is 0. The Hall–Kier alpha value is -3.98. The maximum absolute atomic E-state index is 12.5. The molecule has 0 aliphatic rings. The van der Waals surface area contributed by atoms with E-state index in [4.69, 9.17) is 15.2 Å². The number of hydroxylamine groups is 4. The first-order valence-corrected chi connectivity index (χ1v) is 48.0. The van der Waals surface area contributed by atoms with Crippen LogP contribution in [0.15, 0.2) is 122 Å². The molecule has 0 saturated heterocycles. The fourth-order valence-corrected chi connectivity index (χ4v) is 12.7. The number of unbranched alkanes of at least 4 members (excludes halogenated alkanes) is 45. The van der Waals surface area contributed by atoms with Gasteiger partial charge in [-0.15, -0.1) is 5.06 Å². The Morgan fingerprint density at radius 2 is 0.470 bits per heavy atom. The topological polar surface area (TPSA) is 160 Å². The van der Waals surface area contributed by atoms with Gasteiger partial charge >= 0.3 is 11.9 Å². The summed E-state index contributed by atoms with van der Waals surface area (Å²) in [5.41, 5.74) is 0. The van der Waals surface area contributed by atoms with Crippen molar-refractivity contribution in [2.45, 2.75) is 446 Å². The lowest BCUT2D eigenvalue weighted by Gasteiger charge is -2.21. The number of aliphatic carboxylic acids is 1. The molecule has 0 saturated carbocycles. The predicted octanol–water partition coefficient (Wildman–Crippen LogP) is 27.8. The van der Waals surface area contributed by atoms with Gasteiger partial charge in [-0.25, -0.2) is 5.90 Å². The van der Waals surface area contributed by atoms with E-state index < -0.39 is 5.97 Å². The van der Waals surface area contributed by atoms with Gasteiger partial charge in [-0.05, 0) is 247 Å². The minimum Gasteiger partial charge on any atom is -1.00 e. The Bertz CT molecular complexity index is 2060. The van der Waals surface area contributed by atoms with Crippen LogP contribution in [-0.2, 0) is 19.2 Å². The van der Waals surface area contributed by atoms with Crippen LogP contribution in [0.5, 0.6) is 0 Å². The molecule has 0 spiro atoms. The van der Waals surface area contributed by atoms with E-state index in [1.807, 2.05) is 24.1 Å². The predicted molar refractivity (Wildman–Crippen MR) is 503 cm³/mol. The number of allylic oxidation sites excluding steroid dienone is 20. The number of halogens is 1. The molecule has 0 bridgehead atoms. The second-order valence-corrected chi connectivity index (χ2v) is 32.1. The zero-order valence-corrected chi connectivity index (χ0v) is 78.1. The lowest BCUT2D eigenvalue weighted by Crippen LogP contribution is -3.00. The summed E-state index contributed by atoms with van der Waals surface area (Å²) < 4.78 is 0. The second kappa shape index (κ2) is 116. The maximum Gasteiger partial charge on any atom is 0.325 e. The van der Waals surface area contributed by atoms with E-state index in [-0.39, 0.29) is 24.8 Å². The Morgan fingerprint density at radius 1 is 0.270 bits per heavy atom. The summed E-state index contributed by atoms with van der Waals surface area (Å²) in [5, 5.41) is 28.3. The van der Waals surface area contributed by atoms with Gasteiger partial charge in [0, 0.05) is 45.4 Å². The Labute approximate surface area is 721 Å². The normalized spacial score (nSPS) is 11.9. The summed E-state index contributed by atoms with van der Waals surface area (Å²) in [7, 11) is 7.97. The van der Waals surface area contributed by atoms with E-state index in [0.717, 1.165) is 129 Å². The third-order valence-corrected chi connectivity index (χ3v) is 19.9. The zero-order chi connectivity index (χ0) is 84.5. The monoisotopic (exact) mass is 1640 g/mol. The van der Waals surface area contributed by atoms with Gasteiger partial charge in [0.2, 0.25) is 0 Å². The molecule has 0 atom stereocenters. The fraction of sp³-hybridized carbons (Fsp3) is 0.775. The van der Waals surface area contributed by atoms with Crippen LogP contribution >= 0.6 is 0 Å². The van der Waals surface area contributed by atoms with Gasteiger partial charge in [-0.1, -0.05) is 342 Å². The van der Waals surface area contributed by atoms with Crippen LogP contribution in [0.2, 0.25) is 0 Å². The van der Waals surface area contributed by atoms with Crippen molar-refractivity contribution in [3.8, 4) is 0 Å². The van der Waals surface area contributed by atoms with E-state index in [1.54, 1.807) is 5.06 Å². The highest BCUT2D eigenvalue weighted by atomic mass is 35.5. The maximum atomic E-state index is 12.5. The van der Waals surface area contributed by atoms with Crippen molar-refractivity contribution in [2.75, 3.05) is 67.5 Å². The van der Waals surface area contributed by atoms with Gasteiger partial charge in [0.25, 0.3) is 0 Å². The van der Waals surface area contributed by atoms with Crippen molar-refractivity contribution in [3.63, 3.8) is 0 Å². The van der Waals surface area contributed by atoms with Crippen LogP contribution in [0.25, 0.3) is 0 Å². The molecule has 115 heavy (non-hydrogen) atoms. The molecule has 0 aromatic heterocycles. The lowest BCUT2D eigenvalue weighted by molar-refractivity contribution is -0.191. The summed E-state index contributed by atoms with van der Waals surface area (Å²) in [5.74, 6) is 2.72. The van der Waals surface area contributed by atoms with E-state index in [9.17, 15) is 19.6 Å². The Morgan fingerprint density at radius 3 is 0.687 bits per heavy atom. The first-order chi connectivity index (χ1) is 55.9. The molecule has 676 valence electrons. The molecular weight excluding hydrogens is 1440 g/mol. The molecule has 12 nitrogen and oxygen atoms in total. The third kappa shape index (κ3) is 128. The molecular formula is C102H193ClN5O7-. The Balaban J connectivity index is -0.000000383. The van der Waals surface area contributed by atoms with Gasteiger partial charge in [0.1, 0.15) is 6.29 Å². The summed E-state index contributed by atoms with van der Waals surface area (Å²) in [6.07, 6.45) is 125. The fourth-order valence-electron chi connectivity index (χ4n) is 12.7. The number of carbonyl (C=O) groups excluding carboxylic acids is 2. The number of nitrogens with two attached hydrogens (primary N) is 1. The molecule has 0 radical (unpaired) electrons. The lowest BCUT2D eigenvalue weighted by atomic mass is 10.1. The summed E-state index contributed by atoms with van der Waals surface area (Å²) >= 11 is 0. The number of nitrogens with zero attached hydrogens (tertiary/aromatic N) is 4. The van der Waals surface area contributed by atoms with Crippen LogP contribution in [0.1, 0.15) is 446 Å². The highest BCUT2D eigenvalue weighted by Gasteiger charge is 2.12. The van der Waals surface area contributed by atoms with Gasteiger partial charge in [0.05, 0.1) is 0 Å². The molecule has 0 rings (SSSR count). The Kier molecular flexibility index (Phi) is 123. The average molecular weight is 1640 g/mol. The molecule has 0 fully saturated rings. The number of rotatable bonds is 83. The molecule has 0 aromatic rings. The molecule has 0 aromatic carbocycles. The highest BCUT2D eigenvalue weighted by molar-refractivity contribution is 5.69. The first-order valence-electron chi connectivity index (χ1n) is 48.0. The van der Waals surface area contributed by atoms with Crippen LogP contribution in [0, 0.1) is 0 Å². The average Bonchev–Trinajstić information content (AvgIpc) is 0.963. The van der Waals surface area contributed by atoms with E-state index >= 15 is 0 Å². The summed E-state index contributed by atoms with van der Waals surface area (Å²) in [6, 6.07) is 0. The number of carbonyl (C=O) groups is 3. The van der Waals surface area contributed by atoms with Crippen molar-refractivity contribution in [1.82, 2.24) is 19.9 Å². The van der Waals surface area contributed by atoms with Crippen molar-refractivity contribution in [1.29, 1.82) is 0 Å². The molecule has 0 unspecified atom stereocenters. The number of carboxylic acid groups (broad SMARTS) is 1. The molecule has 13 heteroatoms. The van der Waals surface area contributed by atoms with Crippen LogP contribution in [0.3, 0.4) is 0 Å². The van der Waals surface area contributed by atoms with Gasteiger partial charge in [-0.2, -0.15) is 5.06 Å². The van der Waals surface area contributed by atoms with E-state index in [2.05, 4.69) is 181 Å². The third-order valence-electron chi connectivity index (χ3n) is 19.9. The zero-order valence-electron chi connectivity index (χ0n) is 77.3. The van der Waals surface area contributed by atoms with Crippen LogP contribution in [0.4, 0.5) is 0 Å². The highest BCUT2D eigenvalue weighted by Crippen LogP contribution is 2.16. The van der Waals surface area contributed by atoms with Crippen LogP contribution < -0.4 is 18.3 Å². The number of aldehydes is 1. The van der Waals surface area contributed by atoms with Crippen LogP contribution in [-0.4, -0.2) is 121 Å². The molecule has 0 amide bonds. The molecule has 0 aliphatic heterocycles. The molecule has 5 N–H and O–H groups in total. The molecule has 0 aliphatic carbocycles. The standard InChI is InChI=1S/C42H78N2O2.C36H67NO.C18H32O.C6H13NO2.ClH.H3NO/c1-5-7-9-11-13-15-17-19-21-23-25-27-29-31-33-35-40-44(46-42(45)38-37-39-43(3)4)41-36-34-32-30-28-26-24-22-20-18-16-14-12-10-8-6-2;1-3-5-7-9-11-13-15-17-19-21-23-25-27-29-31-33-35-37(38)36-34-32-30-28-26-24-22-20-18-16-14-12-10-8-6-4-2;1-2-3-4-5-6-7-8-9-10-11-12-13-14-15-16-17-18-19;1-7(2)5-3-4-6(8)9;;1-2/h13-16,19-22H,5-12,17-18,23-41H2,1-4H3;11-14,17-20,38H,3-10,15-16,21-36H2,1-2H3;6-7,9-10,18H,2-5,8,11-17H2,1H3;3-5H2,1-2H3,(H,8,9);1H;2H,1H2/p-1/b15-13-,16-14-,21-19-,22-20-;13-11-,14-12-,19-17-,20-18-;7-6-,10-9-;;;. The van der Waals surface area contributed by atoms with Crippen molar-refractivity contribution in [3.05, 3.63) is 122 Å². The van der Waals surface area contributed by atoms with Crippen molar-refractivity contribution < 1.29 is 47.1 Å². The summed E-state index contributed by atoms with van der Waals surface area (Å²) in [4.78, 5) is 42.5. The largest absolute Gasteiger partial charge is 1.00 e. The van der Waals surface area contributed by atoms with Crippen molar-refractivity contribution >= 4 is 18.2 Å². The van der Waals surface area contributed by atoms with Gasteiger partial charge < -0.3 is 47.4 Å². The second-order valence-electron chi connectivity index (χ2n) is 32.1. The van der Waals surface area contributed by atoms with E-state index in [1.165, 1.54) is 315 Å². The van der Waals surface area contributed by atoms with Crippen molar-refractivity contribution in [2.24, 2.45) is 5.90 Å². The number of carboxylic acids is 1. The van der Waals surface area contributed by atoms with E-state index in [0.29, 0.717) is 6.42 Å². The quantitative estimate of drug-likeness (QED) is 0.0198. The van der Waals surface area contributed by atoms with Gasteiger partial charge in [-0.3, -0.25) is 9.59 Å².